The van der Waals surface area contributed by atoms with Gasteiger partial charge >= 0.3 is 0 Å². The zero-order valence-electron chi connectivity index (χ0n) is 7.60. The molecule has 1 aromatic heterocycles. The van der Waals surface area contributed by atoms with E-state index in [0.29, 0.717) is 5.56 Å². The van der Waals surface area contributed by atoms with E-state index in [1.807, 2.05) is 0 Å². The molecule has 5 nitrogen and oxygen atoms in total. The molecule has 0 atom stereocenters. The Morgan fingerprint density at radius 2 is 2.23 bits per heavy atom. The van der Waals surface area contributed by atoms with Gasteiger partial charge in [-0.05, 0) is 19.1 Å². The zero-order valence-corrected chi connectivity index (χ0v) is 7.60. The number of aliphatic hydroxyl groups is 1. The number of nitrogens with zero attached hydrogens (tertiary/aromatic N) is 1. The van der Waals surface area contributed by atoms with Crippen molar-refractivity contribution in [1.82, 2.24) is 11.1 Å². The van der Waals surface area contributed by atoms with Gasteiger partial charge in [0.25, 0.3) is 0 Å². The van der Waals surface area contributed by atoms with Crippen LogP contribution >= 0.6 is 0 Å². The van der Waals surface area contributed by atoms with Crippen molar-refractivity contribution in [2.75, 3.05) is 6.61 Å². The minimum Gasteiger partial charge on any atom is -0.397 e. The first-order chi connectivity index (χ1) is 5.72. The van der Waals surface area contributed by atoms with Crippen LogP contribution in [-0.4, -0.2) is 22.6 Å². The van der Waals surface area contributed by atoms with Crippen LogP contribution in [0.5, 0.6) is 0 Å². The highest BCUT2D eigenvalue weighted by atomic mass is 16.2. The molecule has 0 bridgehead atoms. The minimum absolute atomic E-state index is 0. The van der Waals surface area contributed by atoms with E-state index in [9.17, 15) is 4.79 Å². The third kappa shape index (κ3) is 6.92. The molecule has 0 saturated carbocycles. The quantitative estimate of drug-likeness (QED) is 0.585. The summed E-state index contributed by atoms with van der Waals surface area (Å²) in [7, 11) is 0. The Labute approximate surface area is 77.2 Å². The molecule has 0 aliphatic heterocycles. The summed E-state index contributed by atoms with van der Waals surface area (Å²) < 4.78 is 0. The van der Waals surface area contributed by atoms with Crippen molar-refractivity contribution < 1.29 is 9.90 Å². The predicted molar refractivity (Wildman–Crippen MR) is 50.5 cm³/mol. The number of aromatic nitrogens is 1. The van der Waals surface area contributed by atoms with Gasteiger partial charge in [-0.15, -0.1) is 0 Å². The van der Waals surface area contributed by atoms with Gasteiger partial charge in [-0.3, -0.25) is 9.78 Å². The number of hydrogen-bond acceptors (Lipinski definition) is 4. The first kappa shape index (κ1) is 14.1. The summed E-state index contributed by atoms with van der Waals surface area (Å²) in [5.41, 5.74) is 5.38. The first-order valence-electron chi connectivity index (χ1n) is 3.53. The van der Waals surface area contributed by atoms with Crippen molar-refractivity contribution >= 4 is 5.91 Å². The van der Waals surface area contributed by atoms with E-state index >= 15 is 0 Å². The van der Waals surface area contributed by atoms with Crippen molar-refractivity contribution in [3.8, 4) is 0 Å². The lowest BCUT2D eigenvalue weighted by Gasteiger charge is -1.88. The second-order valence-electron chi connectivity index (χ2n) is 1.92. The second kappa shape index (κ2) is 8.63. The van der Waals surface area contributed by atoms with Crippen LogP contribution in [0.1, 0.15) is 17.3 Å². The Balaban J connectivity index is 0. The van der Waals surface area contributed by atoms with Crippen LogP contribution in [-0.2, 0) is 0 Å². The van der Waals surface area contributed by atoms with Crippen LogP contribution in [0.15, 0.2) is 24.5 Å². The van der Waals surface area contributed by atoms with E-state index in [1.54, 1.807) is 25.3 Å². The molecule has 0 unspecified atom stereocenters. The van der Waals surface area contributed by atoms with Crippen LogP contribution in [0, 0.1) is 0 Å². The lowest BCUT2D eigenvalue weighted by Crippen LogP contribution is -2.10. The second-order valence-corrected chi connectivity index (χ2v) is 1.92. The van der Waals surface area contributed by atoms with E-state index in [1.165, 1.54) is 6.20 Å². The minimum atomic E-state index is -0.442. The van der Waals surface area contributed by atoms with Gasteiger partial charge in [0.2, 0.25) is 5.91 Å². The van der Waals surface area contributed by atoms with Gasteiger partial charge in [0.15, 0.2) is 0 Å². The lowest BCUT2D eigenvalue weighted by molar-refractivity contribution is 0.1000. The molecule has 13 heavy (non-hydrogen) atoms. The standard InChI is InChI=1S/C6H6N2O.C2H6O.H3N/c7-6(9)5-2-1-3-8-4-5;1-2-3;/h1-4H,(H2,7,9);3H,2H2,1H3;1H3. The molecule has 0 spiro atoms. The number of amides is 1. The smallest absolute Gasteiger partial charge is 0.250 e. The summed E-state index contributed by atoms with van der Waals surface area (Å²) in [6.07, 6.45) is 3.02. The van der Waals surface area contributed by atoms with Crippen LogP contribution in [0.3, 0.4) is 0 Å². The number of rotatable bonds is 1. The molecule has 0 radical (unpaired) electrons. The summed E-state index contributed by atoms with van der Waals surface area (Å²) >= 11 is 0. The molecular weight excluding hydrogens is 170 g/mol. The Hall–Kier alpha value is -1.46. The Kier molecular flexibility index (Phi) is 9.36. The third-order valence-corrected chi connectivity index (χ3v) is 0.946. The maximum absolute atomic E-state index is 10.4. The fraction of sp³-hybridized carbons (Fsp3) is 0.250. The molecule has 1 amide bonds. The number of carbonyl (C=O) groups is 1. The number of carbonyl (C=O) groups excluding carboxylic acids is 1. The summed E-state index contributed by atoms with van der Waals surface area (Å²) in [5, 5.41) is 7.57. The van der Waals surface area contributed by atoms with E-state index in [-0.39, 0.29) is 12.8 Å². The van der Waals surface area contributed by atoms with Crippen molar-refractivity contribution in [3.63, 3.8) is 0 Å². The van der Waals surface area contributed by atoms with Crippen LogP contribution in [0.4, 0.5) is 0 Å². The average Bonchev–Trinajstić information content (AvgIpc) is 2.07. The van der Waals surface area contributed by atoms with Crippen LogP contribution in [0.2, 0.25) is 0 Å². The van der Waals surface area contributed by atoms with Gasteiger partial charge in [0, 0.05) is 19.0 Å². The summed E-state index contributed by atoms with van der Waals surface area (Å²) in [4.78, 5) is 14.1. The van der Waals surface area contributed by atoms with Crippen molar-refractivity contribution in [2.24, 2.45) is 5.73 Å². The lowest BCUT2D eigenvalue weighted by atomic mass is 10.3. The molecule has 5 heteroatoms. The molecule has 0 aliphatic carbocycles. The fourth-order valence-corrected chi connectivity index (χ4v) is 0.509. The number of hydrogen-bond donors (Lipinski definition) is 3. The normalized spacial score (nSPS) is 7.54. The highest BCUT2D eigenvalue weighted by Gasteiger charge is 1.94. The Morgan fingerprint density at radius 3 is 2.46 bits per heavy atom. The van der Waals surface area contributed by atoms with Crippen molar-refractivity contribution in [2.45, 2.75) is 6.92 Å². The summed E-state index contributed by atoms with van der Waals surface area (Å²) in [5.74, 6) is -0.442. The molecule has 0 fully saturated rings. The molecule has 1 rings (SSSR count). The summed E-state index contributed by atoms with van der Waals surface area (Å²) in [6.45, 7) is 1.93. The van der Waals surface area contributed by atoms with Crippen molar-refractivity contribution in [1.29, 1.82) is 0 Å². The van der Waals surface area contributed by atoms with E-state index < -0.39 is 5.91 Å². The van der Waals surface area contributed by atoms with E-state index in [2.05, 4.69) is 4.98 Å². The fourth-order valence-electron chi connectivity index (χ4n) is 0.509. The Morgan fingerprint density at radius 1 is 1.69 bits per heavy atom. The van der Waals surface area contributed by atoms with Gasteiger partial charge in [0.05, 0.1) is 5.56 Å². The maximum atomic E-state index is 10.4. The number of primary amides is 1. The van der Waals surface area contributed by atoms with Gasteiger partial charge in [-0.1, -0.05) is 0 Å². The third-order valence-electron chi connectivity index (χ3n) is 0.946. The van der Waals surface area contributed by atoms with Gasteiger partial charge in [-0.2, -0.15) is 0 Å². The highest BCUT2D eigenvalue weighted by Crippen LogP contribution is 1.91. The molecule has 0 aliphatic rings. The maximum Gasteiger partial charge on any atom is 0.250 e. The average molecular weight is 185 g/mol. The molecular formula is C8H15N3O2. The van der Waals surface area contributed by atoms with Crippen LogP contribution < -0.4 is 11.9 Å². The number of aliphatic hydroxyl groups excluding tert-OH is 1. The predicted octanol–water partition coefficient (Wildman–Crippen LogP) is 0.341. The molecule has 0 saturated heterocycles. The molecule has 74 valence electrons. The van der Waals surface area contributed by atoms with Gasteiger partial charge in [0.1, 0.15) is 0 Å². The topological polar surface area (TPSA) is 111 Å². The highest BCUT2D eigenvalue weighted by molar-refractivity contribution is 5.92. The molecule has 0 aromatic carbocycles. The summed E-state index contributed by atoms with van der Waals surface area (Å²) in [6, 6.07) is 3.29. The number of nitrogens with two attached hydrogens (primary N) is 1. The first-order valence-corrected chi connectivity index (χ1v) is 3.53. The molecule has 1 heterocycles. The zero-order chi connectivity index (χ0) is 9.40. The largest absolute Gasteiger partial charge is 0.397 e. The molecule has 6 N–H and O–H groups in total. The Bertz CT molecular complexity index is 226. The van der Waals surface area contributed by atoms with E-state index in [0.717, 1.165) is 0 Å². The van der Waals surface area contributed by atoms with Crippen LogP contribution in [0.25, 0.3) is 0 Å². The van der Waals surface area contributed by atoms with Gasteiger partial charge in [-0.25, -0.2) is 0 Å². The van der Waals surface area contributed by atoms with Gasteiger partial charge < -0.3 is 17.0 Å². The van der Waals surface area contributed by atoms with Crippen molar-refractivity contribution in [3.05, 3.63) is 30.1 Å². The number of pyridine rings is 1. The monoisotopic (exact) mass is 185 g/mol. The SMILES string of the molecule is CCO.N.NC(=O)c1cccnc1. The molecule has 1 aromatic rings. The van der Waals surface area contributed by atoms with E-state index in [4.69, 9.17) is 10.8 Å².